The topological polar surface area (TPSA) is 70.7 Å². The van der Waals surface area contributed by atoms with Crippen LogP contribution in [0.4, 0.5) is 11.4 Å². The summed E-state index contributed by atoms with van der Waals surface area (Å²) >= 11 is 0. The highest BCUT2D eigenvalue weighted by molar-refractivity contribution is 6.06. The Labute approximate surface area is 191 Å². The number of hydrogen-bond donors (Lipinski definition) is 2. The number of aryl methyl sites for hydroxylation is 1. The van der Waals surface area contributed by atoms with E-state index in [2.05, 4.69) is 29.4 Å². The van der Waals surface area contributed by atoms with Gasteiger partial charge in [-0.3, -0.25) is 9.59 Å². The van der Waals surface area contributed by atoms with Crippen LogP contribution in [0.1, 0.15) is 59.4 Å². The summed E-state index contributed by atoms with van der Waals surface area (Å²) in [5.41, 5.74) is 3.92. The largest absolute Gasteiger partial charge is 0.385 e. The molecule has 32 heavy (non-hydrogen) atoms. The number of methoxy groups -OCH3 is 1. The molecular formula is C26H35N3O3. The summed E-state index contributed by atoms with van der Waals surface area (Å²) in [5, 5.41) is 5.94. The number of ether oxygens (including phenoxy) is 1. The van der Waals surface area contributed by atoms with Gasteiger partial charge in [-0.2, -0.15) is 0 Å². The van der Waals surface area contributed by atoms with Gasteiger partial charge in [0.1, 0.15) is 0 Å². The molecule has 1 aliphatic heterocycles. The van der Waals surface area contributed by atoms with Crippen molar-refractivity contribution in [3.63, 3.8) is 0 Å². The highest BCUT2D eigenvalue weighted by Crippen LogP contribution is 2.29. The van der Waals surface area contributed by atoms with Gasteiger partial charge < -0.3 is 20.3 Å². The molecule has 0 bridgehead atoms. The predicted molar refractivity (Wildman–Crippen MR) is 130 cm³/mol. The number of hydrogen-bond acceptors (Lipinski definition) is 4. The summed E-state index contributed by atoms with van der Waals surface area (Å²) in [6.45, 7) is 7.36. The van der Waals surface area contributed by atoms with Crippen LogP contribution in [0, 0.1) is 5.92 Å². The van der Waals surface area contributed by atoms with Crippen LogP contribution in [0.2, 0.25) is 0 Å². The smallest absolute Gasteiger partial charge is 0.255 e. The molecule has 1 aliphatic rings. The quantitative estimate of drug-likeness (QED) is 0.567. The van der Waals surface area contributed by atoms with Crippen molar-refractivity contribution in [2.45, 2.75) is 39.5 Å². The summed E-state index contributed by atoms with van der Waals surface area (Å²) in [7, 11) is 1.65. The Bertz CT molecular complexity index is 903. The second kappa shape index (κ2) is 11.7. The third-order valence-electron chi connectivity index (χ3n) is 6.06. The Morgan fingerprint density at radius 3 is 2.44 bits per heavy atom. The van der Waals surface area contributed by atoms with Crippen molar-refractivity contribution in [1.29, 1.82) is 0 Å². The first-order valence-corrected chi connectivity index (χ1v) is 11.6. The number of anilines is 2. The fraction of sp³-hybridized carbons (Fsp3) is 0.462. The average Bonchev–Trinajstić information content (AvgIpc) is 2.82. The molecule has 0 atom stereocenters. The van der Waals surface area contributed by atoms with Crippen LogP contribution >= 0.6 is 0 Å². The molecule has 0 aromatic heterocycles. The summed E-state index contributed by atoms with van der Waals surface area (Å²) in [6, 6.07) is 13.2. The van der Waals surface area contributed by atoms with Crippen LogP contribution in [0.3, 0.4) is 0 Å². The highest BCUT2D eigenvalue weighted by atomic mass is 16.5. The normalized spacial score (nSPS) is 14.3. The van der Waals surface area contributed by atoms with E-state index < -0.39 is 0 Å². The van der Waals surface area contributed by atoms with Gasteiger partial charge in [0, 0.05) is 50.3 Å². The van der Waals surface area contributed by atoms with Gasteiger partial charge in [-0.15, -0.1) is 0 Å². The van der Waals surface area contributed by atoms with Gasteiger partial charge in [-0.05, 0) is 67.5 Å². The molecule has 2 amide bonds. The molecule has 1 saturated heterocycles. The molecule has 0 radical (unpaired) electrons. The van der Waals surface area contributed by atoms with Crippen LogP contribution in [0.25, 0.3) is 0 Å². The standard InChI is InChI=1S/C26H35N3O3/c1-4-20-6-8-21(9-7-20)25(30)28-22-10-11-24(29-15-12-19(2)13-16-29)23(18-22)26(31)27-14-5-17-32-3/h6-11,18-19H,4-5,12-17H2,1-3H3,(H,27,31)(H,28,30). The maximum Gasteiger partial charge on any atom is 0.255 e. The Morgan fingerprint density at radius 1 is 1.06 bits per heavy atom. The summed E-state index contributed by atoms with van der Waals surface area (Å²) in [6.07, 6.45) is 3.91. The number of benzene rings is 2. The van der Waals surface area contributed by atoms with Crippen LogP contribution < -0.4 is 15.5 Å². The summed E-state index contributed by atoms with van der Waals surface area (Å²) in [5.74, 6) is 0.395. The first kappa shape index (κ1) is 23.8. The minimum absolute atomic E-state index is 0.127. The molecule has 1 heterocycles. The Hall–Kier alpha value is -2.86. The zero-order chi connectivity index (χ0) is 22.9. The Morgan fingerprint density at radius 2 is 1.78 bits per heavy atom. The van der Waals surface area contributed by atoms with Gasteiger partial charge >= 0.3 is 0 Å². The van der Waals surface area contributed by atoms with E-state index in [4.69, 9.17) is 4.74 Å². The summed E-state index contributed by atoms with van der Waals surface area (Å²) < 4.78 is 5.07. The van der Waals surface area contributed by atoms with Crippen molar-refractivity contribution in [3.05, 3.63) is 59.2 Å². The molecule has 172 valence electrons. The molecule has 0 aliphatic carbocycles. The van der Waals surface area contributed by atoms with Crippen LogP contribution in [-0.2, 0) is 11.2 Å². The van der Waals surface area contributed by atoms with Crippen molar-refractivity contribution in [2.75, 3.05) is 43.6 Å². The second-order valence-electron chi connectivity index (χ2n) is 8.51. The first-order chi connectivity index (χ1) is 15.5. The van der Waals surface area contributed by atoms with Gasteiger partial charge in [-0.25, -0.2) is 0 Å². The number of rotatable bonds is 9. The lowest BCUT2D eigenvalue weighted by Crippen LogP contribution is -2.35. The Kier molecular flexibility index (Phi) is 8.68. The zero-order valence-electron chi connectivity index (χ0n) is 19.4. The minimum Gasteiger partial charge on any atom is -0.385 e. The lowest BCUT2D eigenvalue weighted by atomic mass is 9.97. The maximum atomic E-state index is 13.0. The number of nitrogens with zero attached hydrogens (tertiary/aromatic N) is 1. The molecule has 6 nitrogen and oxygen atoms in total. The lowest BCUT2D eigenvalue weighted by molar-refractivity contribution is 0.0947. The predicted octanol–water partition coefficient (Wildman–Crippen LogP) is 4.50. The van der Waals surface area contributed by atoms with E-state index in [1.165, 1.54) is 5.56 Å². The molecule has 3 rings (SSSR count). The Balaban J connectivity index is 1.79. The summed E-state index contributed by atoms with van der Waals surface area (Å²) in [4.78, 5) is 28.0. The van der Waals surface area contributed by atoms with Gasteiger partial charge in [0.15, 0.2) is 0 Å². The second-order valence-corrected chi connectivity index (χ2v) is 8.51. The van der Waals surface area contributed by atoms with Gasteiger partial charge in [0.05, 0.1) is 5.56 Å². The molecule has 2 aromatic rings. The monoisotopic (exact) mass is 437 g/mol. The fourth-order valence-corrected chi connectivity index (χ4v) is 3.93. The number of carbonyl (C=O) groups excluding carboxylic acids is 2. The molecule has 6 heteroatoms. The van der Waals surface area contributed by atoms with Crippen molar-refractivity contribution in [1.82, 2.24) is 5.32 Å². The number of nitrogens with one attached hydrogen (secondary N) is 2. The molecular weight excluding hydrogens is 402 g/mol. The third-order valence-corrected chi connectivity index (χ3v) is 6.06. The van der Waals surface area contributed by atoms with E-state index in [0.717, 1.165) is 44.5 Å². The van der Waals surface area contributed by atoms with E-state index in [-0.39, 0.29) is 11.8 Å². The molecule has 0 spiro atoms. The molecule has 0 unspecified atom stereocenters. The van der Waals surface area contributed by atoms with Gasteiger partial charge in [-0.1, -0.05) is 26.0 Å². The van der Waals surface area contributed by atoms with Gasteiger partial charge in [0.2, 0.25) is 0 Å². The first-order valence-electron chi connectivity index (χ1n) is 11.6. The lowest BCUT2D eigenvalue weighted by Gasteiger charge is -2.33. The van der Waals surface area contributed by atoms with Crippen molar-refractivity contribution in [2.24, 2.45) is 5.92 Å². The van der Waals surface area contributed by atoms with E-state index in [9.17, 15) is 9.59 Å². The highest BCUT2D eigenvalue weighted by Gasteiger charge is 2.22. The van der Waals surface area contributed by atoms with Crippen molar-refractivity contribution < 1.29 is 14.3 Å². The molecule has 0 saturated carbocycles. The third kappa shape index (κ3) is 6.33. The molecule has 1 fully saturated rings. The van der Waals surface area contributed by atoms with Crippen LogP contribution in [0.5, 0.6) is 0 Å². The molecule has 2 aromatic carbocycles. The zero-order valence-corrected chi connectivity index (χ0v) is 19.4. The number of amides is 2. The van der Waals surface area contributed by atoms with Crippen molar-refractivity contribution >= 4 is 23.2 Å². The van der Waals surface area contributed by atoms with Crippen LogP contribution in [0.15, 0.2) is 42.5 Å². The number of piperidine rings is 1. The van der Waals surface area contributed by atoms with E-state index in [1.54, 1.807) is 13.2 Å². The van der Waals surface area contributed by atoms with E-state index >= 15 is 0 Å². The SMILES string of the molecule is CCc1ccc(C(=O)Nc2ccc(N3CCC(C)CC3)c(C(=O)NCCCOC)c2)cc1. The fourth-order valence-electron chi connectivity index (χ4n) is 3.93. The average molecular weight is 438 g/mol. The van der Waals surface area contributed by atoms with E-state index in [1.807, 2.05) is 36.4 Å². The number of carbonyl (C=O) groups is 2. The molecule has 2 N–H and O–H groups in total. The van der Waals surface area contributed by atoms with Crippen molar-refractivity contribution in [3.8, 4) is 0 Å². The maximum absolute atomic E-state index is 13.0. The van der Waals surface area contributed by atoms with Crippen LogP contribution in [-0.4, -0.2) is 45.2 Å². The minimum atomic E-state index is -0.182. The van der Waals surface area contributed by atoms with Gasteiger partial charge in [0.25, 0.3) is 11.8 Å². The van der Waals surface area contributed by atoms with E-state index in [0.29, 0.717) is 35.9 Å².